The summed E-state index contributed by atoms with van der Waals surface area (Å²) in [4.78, 5) is 24.9. The van der Waals surface area contributed by atoms with E-state index in [2.05, 4.69) is 5.10 Å². The van der Waals surface area contributed by atoms with Crippen LogP contribution in [0.4, 0.5) is 4.79 Å². The van der Waals surface area contributed by atoms with Gasteiger partial charge in [-0.25, -0.2) is 9.59 Å². The van der Waals surface area contributed by atoms with Crippen LogP contribution in [-0.4, -0.2) is 37.5 Å². The fraction of sp³-hybridized carbons (Fsp3) is 0.615. The van der Waals surface area contributed by atoms with Crippen molar-refractivity contribution in [1.29, 1.82) is 0 Å². The molecule has 0 radical (unpaired) electrons. The molecule has 1 N–H and O–H groups in total. The van der Waals surface area contributed by atoms with Gasteiger partial charge in [0.25, 0.3) is 0 Å². The van der Waals surface area contributed by atoms with Crippen molar-refractivity contribution in [3.05, 3.63) is 17.0 Å². The minimum atomic E-state index is -1.08. The molecular weight excluding hydrogens is 262 g/mol. The molecule has 110 valence electrons. The monoisotopic (exact) mass is 281 g/mol. The number of aromatic nitrogens is 2. The lowest BCUT2D eigenvalue weighted by molar-refractivity contribution is 0.0181. The molecular formula is C13H19N3O4. The maximum absolute atomic E-state index is 12.2. The number of nitrogens with zero attached hydrogens (tertiary/aromatic N) is 3. The number of amides is 1. The maximum Gasteiger partial charge on any atom is 0.411 e. The van der Waals surface area contributed by atoms with Crippen LogP contribution in [0.3, 0.4) is 0 Å². The molecule has 0 aliphatic carbocycles. The Kier molecular flexibility index (Phi) is 3.23. The number of carboxylic acid groups (broad SMARTS) is 1. The van der Waals surface area contributed by atoms with Gasteiger partial charge in [-0.15, -0.1) is 0 Å². The van der Waals surface area contributed by atoms with Gasteiger partial charge in [0, 0.05) is 12.6 Å². The molecule has 1 amide bonds. The van der Waals surface area contributed by atoms with Crippen LogP contribution in [0.15, 0.2) is 0 Å². The van der Waals surface area contributed by atoms with Crippen molar-refractivity contribution >= 4 is 12.1 Å². The van der Waals surface area contributed by atoms with Gasteiger partial charge in [0.2, 0.25) is 0 Å². The predicted molar refractivity (Wildman–Crippen MR) is 70.4 cm³/mol. The Labute approximate surface area is 117 Å². The Hall–Kier alpha value is -2.05. The Balaban J connectivity index is 2.30. The van der Waals surface area contributed by atoms with Crippen LogP contribution in [0.25, 0.3) is 0 Å². The van der Waals surface area contributed by atoms with Gasteiger partial charge < -0.3 is 9.84 Å². The summed E-state index contributed by atoms with van der Waals surface area (Å²) in [5.74, 6) is -1.08. The summed E-state index contributed by atoms with van der Waals surface area (Å²) in [6.45, 7) is 7.47. The van der Waals surface area contributed by atoms with E-state index in [1.807, 2.05) is 0 Å². The molecule has 0 unspecified atom stereocenters. The number of ether oxygens (including phenoxy) is 1. The third-order valence-corrected chi connectivity index (χ3v) is 3.24. The summed E-state index contributed by atoms with van der Waals surface area (Å²) in [5.41, 5.74) is 0.743. The number of fused-ring (bicyclic) bond motifs is 1. The lowest BCUT2D eigenvalue weighted by atomic mass is 10.1. The molecule has 20 heavy (non-hydrogen) atoms. The first kappa shape index (κ1) is 14.4. The number of carbonyl (C=O) groups is 2. The van der Waals surface area contributed by atoms with Crippen molar-refractivity contribution in [2.24, 2.45) is 7.05 Å². The summed E-state index contributed by atoms with van der Waals surface area (Å²) in [5, 5.41) is 13.2. The van der Waals surface area contributed by atoms with Gasteiger partial charge in [-0.05, 0) is 27.7 Å². The maximum atomic E-state index is 12.2. The summed E-state index contributed by atoms with van der Waals surface area (Å²) in [7, 11) is 1.68. The zero-order valence-corrected chi connectivity index (χ0v) is 12.3. The van der Waals surface area contributed by atoms with Crippen molar-refractivity contribution in [3.8, 4) is 0 Å². The van der Waals surface area contributed by atoms with Gasteiger partial charge in [-0.3, -0.25) is 9.58 Å². The molecule has 0 fully saturated rings. The van der Waals surface area contributed by atoms with E-state index in [0.717, 1.165) is 5.69 Å². The van der Waals surface area contributed by atoms with Crippen LogP contribution in [-0.2, 0) is 18.3 Å². The lowest BCUT2D eigenvalue weighted by Gasteiger charge is -2.27. The second-order valence-electron chi connectivity index (χ2n) is 5.92. The van der Waals surface area contributed by atoms with E-state index in [4.69, 9.17) is 4.74 Å². The van der Waals surface area contributed by atoms with Crippen LogP contribution >= 0.6 is 0 Å². The molecule has 1 aliphatic heterocycles. The molecule has 2 rings (SSSR count). The second-order valence-corrected chi connectivity index (χ2v) is 5.92. The van der Waals surface area contributed by atoms with Crippen molar-refractivity contribution in [3.63, 3.8) is 0 Å². The van der Waals surface area contributed by atoms with Crippen molar-refractivity contribution in [1.82, 2.24) is 14.7 Å². The van der Waals surface area contributed by atoms with Gasteiger partial charge in [0.15, 0.2) is 5.69 Å². The highest BCUT2D eigenvalue weighted by molar-refractivity contribution is 5.88. The summed E-state index contributed by atoms with van der Waals surface area (Å²) < 4.78 is 6.86. The number of carboxylic acids is 1. The standard InChI is InChI=1S/C13H19N3O4/c1-7-9-8(15(5)14-10(9)11(17)18)6-16(7)12(19)20-13(2,3)4/h7H,6H2,1-5H3,(H,17,18)/t7-/m1/s1. The molecule has 0 saturated heterocycles. The highest BCUT2D eigenvalue weighted by Crippen LogP contribution is 2.36. The van der Waals surface area contributed by atoms with Crippen molar-refractivity contribution in [2.45, 2.75) is 45.9 Å². The number of hydrogen-bond donors (Lipinski definition) is 1. The Morgan fingerprint density at radius 2 is 2.00 bits per heavy atom. The van der Waals surface area contributed by atoms with E-state index in [1.165, 1.54) is 9.58 Å². The average molecular weight is 281 g/mol. The van der Waals surface area contributed by atoms with E-state index in [0.29, 0.717) is 12.1 Å². The number of rotatable bonds is 1. The zero-order chi connectivity index (χ0) is 15.2. The first-order chi connectivity index (χ1) is 9.11. The summed E-state index contributed by atoms with van der Waals surface area (Å²) in [6, 6.07) is -0.361. The summed E-state index contributed by atoms with van der Waals surface area (Å²) in [6.07, 6.45) is -0.447. The fourth-order valence-corrected chi connectivity index (χ4v) is 2.36. The highest BCUT2D eigenvalue weighted by Gasteiger charge is 2.39. The van der Waals surface area contributed by atoms with Gasteiger partial charge in [0.1, 0.15) is 5.60 Å². The number of carbonyl (C=O) groups excluding carboxylic acids is 1. The minimum Gasteiger partial charge on any atom is -0.476 e. The van der Waals surface area contributed by atoms with Gasteiger partial charge in [-0.2, -0.15) is 5.10 Å². The molecule has 0 spiro atoms. The van der Waals surface area contributed by atoms with Crippen molar-refractivity contribution in [2.75, 3.05) is 0 Å². The molecule has 2 heterocycles. The molecule has 0 saturated carbocycles. The Morgan fingerprint density at radius 1 is 1.40 bits per heavy atom. The molecule has 1 atom stereocenters. The smallest absolute Gasteiger partial charge is 0.411 e. The lowest BCUT2D eigenvalue weighted by Crippen LogP contribution is -2.35. The number of hydrogen-bond acceptors (Lipinski definition) is 4. The Morgan fingerprint density at radius 3 is 2.50 bits per heavy atom. The van der Waals surface area contributed by atoms with Crippen molar-refractivity contribution < 1.29 is 19.4 Å². The first-order valence-corrected chi connectivity index (χ1v) is 6.40. The largest absolute Gasteiger partial charge is 0.476 e. The van der Waals surface area contributed by atoms with E-state index < -0.39 is 17.7 Å². The normalized spacial score (nSPS) is 18.1. The molecule has 7 nitrogen and oxygen atoms in total. The van der Waals surface area contributed by atoms with E-state index in [9.17, 15) is 14.7 Å². The molecule has 0 bridgehead atoms. The van der Waals surface area contributed by atoms with Gasteiger partial charge >= 0.3 is 12.1 Å². The second kappa shape index (κ2) is 4.50. The van der Waals surface area contributed by atoms with Crippen LogP contribution in [0.5, 0.6) is 0 Å². The Bertz CT molecular complexity index is 571. The van der Waals surface area contributed by atoms with Crippen LogP contribution in [0.2, 0.25) is 0 Å². The molecule has 1 aromatic rings. The van der Waals surface area contributed by atoms with Crippen LogP contribution in [0, 0.1) is 0 Å². The third-order valence-electron chi connectivity index (χ3n) is 3.24. The van der Waals surface area contributed by atoms with E-state index in [-0.39, 0.29) is 11.7 Å². The SMILES string of the molecule is C[C@@H]1c2c(C(=O)O)nn(C)c2CN1C(=O)OC(C)(C)C. The zero-order valence-electron chi connectivity index (χ0n) is 12.3. The minimum absolute atomic E-state index is 0.000980. The van der Waals surface area contributed by atoms with Gasteiger partial charge in [-0.1, -0.05) is 0 Å². The fourth-order valence-electron chi connectivity index (χ4n) is 2.36. The molecule has 1 aromatic heterocycles. The highest BCUT2D eigenvalue weighted by atomic mass is 16.6. The topological polar surface area (TPSA) is 84.7 Å². The van der Waals surface area contributed by atoms with Crippen LogP contribution in [0.1, 0.15) is 55.5 Å². The predicted octanol–water partition coefficient (Wildman–Crippen LogP) is 1.93. The molecule has 0 aromatic carbocycles. The van der Waals surface area contributed by atoms with E-state index >= 15 is 0 Å². The number of aromatic carboxylic acids is 1. The molecule has 7 heteroatoms. The quantitative estimate of drug-likeness (QED) is 0.850. The molecule has 1 aliphatic rings. The summed E-state index contributed by atoms with van der Waals surface area (Å²) >= 11 is 0. The van der Waals surface area contributed by atoms with E-state index in [1.54, 1.807) is 34.7 Å². The van der Waals surface area contributed by atoms with Gasteiger partial charge in [0.05, 0.1) is 18.3 Å². The number of aryl methyl sites for hydroxylation is 1. The van der Waals surface area contributed by atoms with Crippen LogP contribution < -0.4 is 0 Å². The average Bonchev–Trinajstić information content (AvgIpc) is 2.76. The third kappa shape index (κ3) is 2.35. The first-order valence-electron chi connectivity index (χ1n) is 6.40.